The first-order valence-electron chi connectivity index (χ1n) is 10.4. The second kappa shape index (κ2) is 10.5. The highest BCUT2D eigenvalue weighted by Crippen LogP contribution is 2.22. The number of aryl methyl sites for hydroxylation is 2. The smallest absolute Gasteiger partial charge is 0.251 e. The van der Waals surface area contributed by atoms with Gasteiger partial charge in [-0.25, -0.2) is 12.8 Å². The molecule has 174 valence electrons. The minimum absolute atomic E-state index is 0.0218. The Kier molecular flexibility index (Phi) is 7.71. The number of rotatable bonds is 9. The molecule has 0 saturated heterocycles. The average molecular weight is 471 g/mol. The summed E-state index contributed by atoms with van der Waals surface area (Å²) in [6.07, 6.45) is 1.07. The highest BCUT2D eigenvalue weighted by Gasteiger charge is 2.18. The first-order valence-corrected chi connectivity index (χ1v) is 12.3. The number of sulfonamides is 1. The molecule has 3 rings (SSSR count). The lowest BCUT2D eigenvalue weighted by molar-refractivity contribution is 0.0947. The molecule has 0 radical (unpaired) electrons. The molecule has 0 spiro atoms. The first-order chi connectivity index (χ1) is 15.6. The number of nitrogens with one attached hydrogen (secondary N) is 1. The fraction of sp³-hybridized carbons (Fsp3) is 0.240. The second-order valence-corrected chi connectivity index (χ2v) is 9.70. The van der Waals surface area contributed by atoms with E-state index in [2.05, 4.69) is 5.32 Å². The monoisotopic (exact) mass is 470 g/mol. The number of hydrogen-bond acceptors (Lipinski definition) is 4. The predicted octanol–water partition coefficient (Wildman–Crippen LogP) is 4.22. The van der Waals surface area contributed by atoms with Gasteiger partial charge in [-0.1, -0.05) is 24.3 Å². The minimum atomic E-state index is -3.63. The fourth-order valence-corrected chi connectivity index (χ4v) is 4.08. The van der Waals surface area contributed by atoms with Gasteiger partial charge in [-0.3, -0.25) is 9.10 Å². The van der Waals surface area contributed by atoms with Crippen LogP contribution in [0.4, 0.5) is 10.1 Å². The van der Waals surface area contributed by atoms with Crippen molar-refractivity contribution in [1.29, 1.82) is 0 Å². The van der Waals surface area contributed by atoms with Crippen LogP contribution in [-0.2, 0) is 16.6 Å². The number of halogens is 1. The zero-order chi connectivity index (χ0) is 24.0. The van der Waals surface area contributed by atoms with Crippen molar-refractivity contribution in [1.82, 2.24) is 5.32 Å². The van der Waals surface area contributed by atoms with E-state index in [0.29, 0.717) is 24.3 Å². The number of benzene rings is 3. The van der Waals surface area contributed by atoms with Gasteiger partial charge in [0.15, 0.2) is 0 Å². The SMILES string of the molecule is Cc1ccc(OCCNC(=O)c2ccc(CN(c3cccc(F)c3)S(C)(=O)=O)cc2)cc1C. The average Bonchev–Trinajstić information content (AvgIpc) is 2.77. The highest BCUT2D eigenvalue weighted by molar-refractivity contribution is 7.92. The Morgan fingerprint density at radius 1 is 1.00 bits per heavy atom. The summed E-state index contributed by atoms with van der Waals surface area (Å²) in [4.78, 5) is 12.4. The molecule has 0 atom stereocenters. The number of hydrogen-bond donors (Lipinski definition) is 1. The predicted molar refractivity (Wildman–Crippen MR) is 128 cm³/mol. The summed E-state index contributed by atoms with van der Waals surface area (Å²) in [6.45, 7) is 4.75. The van der Waals surface area contributed by atoms with Gasteiger partial charge in [-0.15, -0.1) is 0 Å². The van der Waals surface area contributed by atoms with Gasteiger partial charge in [0.1, 0.15) is 18.2 Å². The van der Waals surface area contributed by atoms with Crippen molar-refractivity contribution in [2.75, 3.05) is 23.7 Å². The molecule has 3 aromatic carbocycles. The first kappa shape index (κ1) is 24.3. The van der Waals surface area contributed by atoms with E-state index in [9.17, 15) is 17.6 Å². The summed E-state index contributed by atoms with van der Waals surface area (Å²) >= 11 is 0. The largest absolute Gasteiger partial charge is 0.492 e. The number of amides is 1. The summed E-state index contributed by atoms with van der Waals surface area (Å²) < 4.78 is 44.8. The number of nitrogens with zero attached hydrogens (tertiary/aromatic N) is 1. The van der Waals surface area contributed by atoms with Crippen LogP contribution in [0, 0.1) is 19.7 Å². The fourth-order valence-electron chi connectivity index (χ4n) is 3.20. The maximum atomic E-state index is 13.6. The van der Waals surface area contributed by atoms with Gasteiger partial charge in [0.05, 0.1) is 25.0 Å². The van der Waals surface area contributed by atoms with E-state index in [4.69, 9.17) is 4.74 Å². The molecule has 6 nitrogen and oxygen atoms in total. The van der Waals surface area contributed by atoms with Crippen LogP contribution in [0.1, 0.15) is 27.0 Å². The van der Waals surface area contributed by atoms with Crippen molar-refractivity contribution in [2.45, 2.75) is 20.4 Å². The molecule has 0 saturated carbocycles. The number of anilines is 1. The topological polar surface area (TPSA) is 75.7 Å². The number of carbonyl (C=O) groups excluding carboxylic acids is 1. The Bertz CT molecular complexity index is 1230. The molecule has 0 aliphatic carbocycles. The lowest BCUT2D eigenvalue weighted by Crippen LogP contribution is -2.29. The van der Waals surface area contributed by atoms with Crippen LogP contribution in [0.25, 0.3) is 0 Å². The van der Waals surface area contributed by atoms with Crippen molar-refractivity contribution >= 4 is 21.6 Å². The van der Waals surface area contributed by atoms with Crippen LogP contribution in [0.15, 0.2) is 66.7 Å². The third-order valence-electron chi connectivity index (χ3n) is 5.17. The van der Waals surface area contributed by atoms with E-state index in [1.165, 1.54) is 29.8 Å². The van der Waals surface area contributed by atoms with E-state index < -0.39 is 15.8 Å². The molecule has 0 aromatic heterocycles. The Morgan fingerprint density at radius 3 is 2.36 bits per heavy atom. The second-order valence-electron chi connectivity index (χ2n) is 7.80. The summed E-state index contributed by atoms with van der Waals surface area (Å²) in [6, 6.07) is 17.9. The zero-order valence-corrected chi connectivity index (χ0v) is 19.7. The van der Waals surface area contributed by atoms with Crippen molar-refractivity contribution in [3.63, 3.8) is 0 Å². The maximum absolute atomic E-state index is 13.6. The van der Waals surface area contributed by atoms with Gasteiger partial charge >= 0.3 is 0 Å². The summed E-state index contributed by atoms with van der Waals surface area (Å²) in [5.41, 5.74) is 3.68. The van der Waals surface area contributed by atoms with E-state index in [1.54, 1.807) is 24.3 Å². The number of ether oxygens (including phenoxy) is 1. The molecule has 0 fully saturated rings. The lowest BCUT2D eigenvalue weighted by Gasteiger charge is -2.22. The van der Waals surface area contributed by atoms with Crippen LogP contribution in [-0.4, -0.2) is 33.7 Å². The van der Waals surface area contributed by atoms with E-state index >= 15 is 0 Å². The van der Waals surface area contributed by atoms with Crippen LogP contribution in [0.3, 0.4) is 0 Å². The minimum Gasteiger partial charge on any atom is -0.492 e. The van der Waals surface area contributed by atoms with Gasteiger partial charge in [0, 0.05) is 5.56 Å². The molecule has 0 aliphatic rings. The van der Waals surface area contributed by atoms with Gasteiger partial charge in [0.25, 0.3) is 5.91 Å². The van der Waals surface area contributed by atoms with Crippen LogP contribution < -0.4 is 14.4 Å². The molecule has 1 N–H and O–H groups in total. The molecule has 0 aliphatic heterocycles. The summed E-state index contributed by atoms with van der Waals surface area (Å²) in [7, 11) is -3.63. The molecule has 0 unspecified atom stereocenters. The van der Waals surface area contributed by atoms with Crippen LogP contribution in [0.2, 0.25) is 0 Å². The summed E-state index contributed by atoms with van der Waals surface area (Å²) in [5, 5.41) is 2.80. The summed E-state index contributed by atoms with van der Waals surface area (Å²) in [5.74, 6) is -0.0181. The molecule has 33 heavy (non-hydrogen) atoms. The third kappa shape index (κ3) is 6.79. The van der Waals surface area contributed by atoms with E-state index in [1.807, 2.05) is 32.0 Å². The van der Waals surface area contributed by atoms with Gasteiger partial charge in [0.2, 0.25) is 10.0 Å². The maximum Gasteiger partial charge on any atom is 0.251 e. The van der Waals surface area contributed by atoms with Crippen molar-refractivity contribution < 1.29 is 22.3 Å². The van der Waals surface area contributed by atoms with Gasteiger partial charge in [-0.05, 0) is 73.0 Å². The lowest BCUT2D eigenvalue weighted by atomic mass is 10.1. The van der Waals surface area contributed by atoms with E-state index in [0.717, 1.165) is 21.9 Å². The molecule has 1 amide bonds. The van der Waals surface area contributed by atoms with Crippen molar-refractivity contribution in [3.8, 4) is 5.75 Å². The normalized spacial score (nSPS) is 11.2. The Morgan fingerprint density at radius 2 is 1.73 bits per heavy atom. The van der Waals surface area contributed by atoms with Crippen LogP contribution in [0.5, 0.6) is 5.75 Å². The Labute approximate surface area is 194 Å². The zero-order valence-electron chi connectivity index (χ0n) is 18.8. The van der Waals surface area contributed by atoms with Gasteiger partial charge in [-0.2, -0.15) is 0 Å². The molecule has 3 aromatic rings. The van der Waals surface area contributed by atoms with Gasteiger partial charge < -0.3 is 10.1 Å². The van der Waals surface area contributed by atoms with E-state index in [-0.39, 0.29) is 18.1 Å². The quantitative estimate of drug-likeness (QED) is 0.475. The standard InChI is InChI=1S/C25H27FN2O4S/c1-18-7-12-24(15-19(18)2)32-14-13-27-25(29)21-10-8-20(9-11-21)17-28(33(3,30)31)23-6-4-5-22(26)16-23/h4-12,15-16H,13-14,17H2,1-3H3,(H,27,29). The molecular formula is C25H27FN2O4S. The molecule has 0 heterocycles. The van der Waals surface area contributed by atoms with Crippen LogP contribution >= 0.6 is 0 Å². The Hall–Kier alpha value is -3.39. The molecule has 0 bridgehead atoms. The van der Waals surface area contributed by atoms with Crippen molar-refractivity contribution in [3.05, 3.63) is 94.8 Å². The Balaban J connectivity index is 1.57. The third-order valence-corrected chi connectivity index (χ3v) is 6.31. The van der Waals surface area contributed by atoms with Crippen molar-refractivity contribution in [2.24, 2.45) is 0 Å². The molecule has 8 heteroatoms. The molecular weight excluding hydrogens is 443 g/mol. The number of carbonyl (C=O) groups is 1. The highest BCUT2D eigenvalue weighted by atomic mass is 32.2.